The van der Waals surface area contributed by atoms with Crippen molar-refractivity contribution >= 4 is 23.9 Å². The van der Waals surface area contributed by atoms with E-state index in [4.69, 9.17) is 11.6 Å². The summed E-state index contributed by atoms with van der Waals surface area (Å²) >= 11 is 5.68. The fourth-order valence-corrected chi connectivity index (χ4v) is 0.998. The van der Waals surface area contributed by atoms with Gasteiger partial charge in [0.1, 0.15) is 0 Å². The van der Waals surface area contributed by atoms with E-state index in [-0.39, 0.29) is 0 Å². The maximum Gasteiger partial charge on any atom is 0.259 e. The van der Waals surface area contributed by atoms with Crippen molar-refractivity contribution in [2.75, 3.05) is 0 Å². The molecule has 0 atom stereocenters. The molecule has 0 fully saturated rings. The molecule has 0 saturated heterocycles. The molecule has 0 aliphatic carbocycles. The third kappa shape index (κ3) is 1.83. The highest BCUT2D eigenvalue weighted by atomic mass is 35.5. The summed E-state index contributed by atoms with van der Waals surface area (Å²) in [5.41, 5.74) is 0.297. The highest BCUT2D eigenvalue weighted by Crippen LogP contribution is 2.13. The molecule has 4 heteroatoms. The van der Waals surface area contributed by atoms with Crippen molar-refractivity contribution in [1.29, 1.82) is 0 Å². The molecule has 0 aliphatic rings. The molecule has 2 amide bonds. The quantitative estimate of drug-likeness (QED) is 0.701. The van der Waals surface area contributed by atoms with Crippen LogP contribution in [0.3, 0.4) is 0 Å². The van der Waals surface area contributed by atoms with Crippen LogP contribution in [0.2, 0.25) is 5.02 Å². The first-order chi connectivity index (χ1) is 5.75. The van der Waals surface area contributed by atoms with Crippen LogP contribution in [-0.2, 0) is 4.79 Å². The van der Waals surface area contributed by atoms with Gasteiger partial charge < -0.3 is 0 Å². The van der Waals surface area contributed by atoms with Gasteiger partial charge in [-0.15, -0.1) is 0 Å². The number of rotatable bonds is 2. The first-order valence-corrected chi connectivity index (χ1v) is 3.62. The van der Waals surface area contributed by atoms with Crippen LogP contribution in [-0.4, -0.2) is 12.3 Å². The molecule has 0 aromatic heterocycles. The van der Waals surface area contributed by atoms with Crippen LogP contribution < -0.4 is 5.32 Å². The smallest absolute Gasteiger partial charge is 0.259 e. The van der Waals surface area contributed by atoms with Crippen LogP contribution in [0.15, 0.2) is 24.3 Å². The molecule has 0 unspecified atom stereocenters. The molecule has 3 nitrogen and oxygen atoms in total. The first-order valence-electron chi connectivity index (χ1n) is 3.24. The standard InChI is InChI=1S/C8H6ClNO2/c9-7-4-2-1-3-6(7)8(12)10-5-11/h1-5H,(H,10,11,12). The van der Waals surface area contributed by atoms with E-state index in [2.05, 4.69) is 0 Å². The SMILES string of the molecule is O=CNC(=O)c1ccccc1Cl. The largest absolute Gasteiger partial charge is 0.295 e. The second kappa shape index (κ2) is 3.88. The Balaban J connectivity index is 2.94. The summed E-state index contributed by atoms with van der Waals surface area (Å²) in [6.07, 6.45) is 0.325. The van der Waals surface area contributed by atoms with Crippen LogP contribution >= 0.6 is 11.6 Å². The summed E-state index contributed by atoms with van der Waals surface area (Å²) in [5.74, 6) is -0.490. The highest BCUT2D eigenvalue weighted by molar-refractivity contribution is 6.34. The van der Waals surface area contributed by atoms with E-state index in [0.29, 0.717) is 17.0 Å². The van der Waals surface area contributed by atoms with Crippen molar-refractivity contribution in [1.82, 2.24) is 5.32 Å². The Morgan fingerprint density at radius 3 is 2.67 bits per heavy atom. The van der Waals surface area contributed by atoms with Gasteiger partial charge in [0.15, 0.2) is 0 Å². The summed E-state index contributed by atoms with van der Waals surface area (Å²) in [6.45, 7) is 0. The monoisotopic (exact) mass is 183 g/mol. The zero-order valence-electron chi connectivity index (χ0n) is 6.08. The lowest BCUT2D eigenvalue weighted by Gasteiger charge is -1.99. The second-order valence-corrected chi connectivity index (χ2v) is 2.48. The predicted molar refractivity (Wildman–Crippen MR) is 45.0 cm³/mol. The molecule has 12 heavy (non-hydrogen) atoms. The molecule has 62 valence electrons. The van der Waals surface area contributed by atoms with Gasteiger partial charge in [-0.1, -0.05) is 23.7 Å². The van der Waals surface area contributed by atoms with E-state index in [1.54, 1.807) is 24.3 Å². The van der Waals surface area contributed by atoms with Crippen molar-refractivity contribution in [3.05, 3.63) is 34.9 Å². The number of amides is 2. The minimum absolute atomic E-state index is 0.297. The van der Waals surface area contributed by atoms with Crippen molar-refractivity contribution in [3.63, 3.8) is 0 Å². The summed E-state index contributed by atoms with van der Waals surface area (Å²) < 4.78 is 0. The maximum atomic E-state index is 11.0. The third-order valence-corrected chi connectivity index (χ3v) is 1.64. The molecular formula is C8H6ClNO2. The Morgan fingerprint density at radius 2 is 2.08 bits per heavy atom. The van der Waals surface area contributed by atoms with E-state index in [1.807, 2.05) is 5.32 Å². The highest BCUT2D eigenvalue weighted by Gasteiger charge is 2.06. The van der Waals surface area contributed by atoms with Crippen molar-refractivity contribution in [2.45, 2.75) is 0 Å². The number of imide groups is 1. The van der Waals surface area contributed by atoms with Crippen LogP contribution in [0, 0.1) is 0 Å². The van der Waals surface area contributed by atoms with Gasteiger partial charge in [-0.2, -0.15) is 0 Å². The van der Waals surface area contributed by atoms with E-state index >= 15 is 0 Å². The Bertz CT molecular complexity index is 312. The number of nitrogens with one attached hydrogen (secondary N) is 1. The minimum atomic E-state index is -0.490. The van der Waals surface area contributed by atoms with Crippen molar-refractivity contribution < 1.29 is 9.59 Å². The Hall–Kier alpha value is -1.35. The lowest BCUT2D eigenvalue weighted by molar-refractivity contribution is -0.108. The van der Waals surface area contributed by atoms with E-state index in [1.165, 1.54) is 0 Å². The Morgan fingerprint density at radius 1 is 1.42 bits per heavy atom. The van der Waals surface area contributed by atoms with Gasteiger partial charge in [0.05, 0.1) is 10.6 Å². The molecule has 0 heterocycles. The lowest BCUT2D eigenvalue weighted by atomic mass is 10.2. The third-order valence-electron chi connectivity index (χ3n) is 1.31. The zero-order valence-corrected chi connectivity index (χ0v) is 6.84. The molecule has 1 N–H and O–H groups in total. The Labute approximate surface area is 74.3 Å². The van der Waals surface area contributed by atoms with Crippen LogP contribution in [0.5, 0.6) is 0 Å². The number of carbonyl (C=O) groups excluding carboxylic acids is 2. The molecule has 1 aromatic carbocycles. The van der Waals surface area contributed by atoms with Gasteiger partial charge in [0.2, 0.25) is 6.41 Å². The molecule has 1 rings (SSSR count). The normalized spacial score (nSPS) is 9.08. The fourth-order valence-electron chi connectivity index (χ4n) is 0.777. The zero-order chi connectivity index (χ0) is 8.97. The topological polar surface area (TPSA) is 46.2 Å². The summed E-state index contributed by atoms with van der Waals surface area (Å²) in [7, 11) is 0. The number of carbonyl (C=O) groups is 2. The second-order valence-electron chi connectivity index (χ2n) is 2.07. The molecule has 0 bridgehead atoms. The summed E-state index contributed by atoms with van der Waals surface area (Å²) in [6, 6.07) is 6.51. The number of halogens is 1. The van der Waals surface area contributed by atoms with E-state index < -0.39 is 5.91 Å². The molecule has 0 aliphatic heterocycles. The van der Waals surface area contributed by atoms with Gasteiger partial charge in [0.25, 0.3) is 5.91 Å². The molecular weight excluding hydrogens is 178 g/mol. The minimum Gasteiger partial charge on any atom is -0.295 e. The summed E-state index contributed by atoms with van der Waals surface area (Å²) in [5, 5.41) is 2.33. The van der Waals surface area contributed by atoms with Crippen LogP contribution in [0.4, 0.5) is 0 Å². The molecule has 1 aromatic rings. The average molecular weight is 184 g/mol. The molecule has 0 spiro atoms. The predicted octanol–water partition coefficient (Wildman–Crippen LogP) is 1.23. The van der Waals surface area contributed by atoms with E-state index in [9.17, 15) is 9.59 Å². The van der Waals surface area contributed by atoms with Crippen LogP contribution in [0.1, 0.15) is 10.4 Å². The van der Waals surface area contributed by atoms with Gasteiger partial charge in [-0.05, 0) is 12.1 Å². The fraction of sp³-hybridized carbons (Fsp3) is 0. The molecule has 0 radical (unpaired) electrons. The first kappa shape index (κ1) is 8.74. The number of hydrogen-bond donors (Lipinski definition) is 1. The average Bonchev–Trinajstić information content (AvgIpc) is 2.05. The van der Waals surface area contributed by atoms with Crippen molar-refractivity contribution in [2.24, 2.45) is 0 Å². The Kier molecular flexibility index (Phi) is 2.82. The van der Waals surface area contributed by atoms with Gasteiger partial charge in [0, 0.05) is 0 Å². The van der Waals surface area contributed by atoms with Gasteiger partial charge >= 0.3 is 0 Å². The maximum absolute atomic E-state index is 11.0. The summed E-state index contributed by atoms with van der Waals surface area (Å²) in [4.78, 5) is 21.0. The van der Waals surface area contributed by atoms with Gasteiger partial charge in [-0.3, -0.25) is 14.9 Å². The van der Waals surface area contributed by atoms with Crippen molar-refractivity contribution in [3.8, 4) is 0 Å². The van der Waals surface area contributed by atoms with Crippen LogP contribution in [0.25, 0.3) is 0 Å². The lowest BCUT2D eigenvalue weighted by Crippen LogP contribution is -2.21. The van der Waals surface area contributed by atoms with Gasteiger partial charge in [-0.25, -0.2) is 0 Å². The van der Waals surface area contributed by atoms with E-state index in [0.717, 1.165) is 0 Å². The number of hydrogen-bond acceptors (Lipinski definition) is 2. The number of benzene rings is 1. The molecule has 0 saturated carbocycles.